The van der Waals surface area contributed by atoms with Crippen LogP contribution in [0.1, 0.15) is 16.7 Å². The number of carbonyl (C=O) groups excluding carboxylic acids is 1. The first-order valence-corrected chi connectivity index (χ1v) is 8.13. The van der Waals surface area contributed by atoms with Gasteiger partial charge in [0.2, 0.25) is 5.91 Å². The van der Waals surface area contributed by atoms with E-state index in [9.17, 15) is 4.79 Å². The third-order valence-corrected chi connectivity index (χ3v) is 4.69. The fourth-order valence-corrected chi connectivity index (χ4v) is 3.31. The Morgan fingerprint density at radius 2 is 2.04 bits per heavy atom. The highest BCUT2D eigenvalue weighted by atomic mass is 16.5. The molecule has 0 aliphatic carbocycles. The summed E-state index contributed by atoms with van der Waals surface area (Å²) in [5.74, 6) is 0.894. The lowest BCUT2D eigenvalue weighted by Gasteiger charge is -2.28. The number of methoxy groups -OCH3 is 1. The van der Waals surface area contributed by atoms with E-state index in [1.165, 1.54) is 11.1 Å². The second kappa shape index (κ2) is 6.04. The Hall–Kier alpha value is -2.75. The average Bonchev–Trinajstić information content (AvgIpc) is 3.03. The van der Waals surface area contributed by atoms with Crippen molar-refractivity contribution >= 4 is 16.9 Å². The molecule has 3 aromatic rings. The molecule has 0 atom stereocenters. The molecule has 0 saturated heterocycles. The highest BCUT2D eigenvalue weighted by molar-refractivity contribution is 5.88. The third-order valence-electron chi connectivity index (χ3n) is 4.69. The predicted octanol–water partition coefficient (Wildman–Crippen LogP) is 3.57. The summed E-state index contributed by atoms with van der Waals surface area (Å²) in [5.41, 5.74) is 4.28. The molecule has 24 heavy (non-hydrogen) atoms. The number of hydrogen-bond acceptors (Lipinski definition) is 3. The van der Waals surface area contributed by atoms with Crippen LogP contribution in [0.5, 0.6) is 5.75 Å². The van der Waals surface area contributed by atoms with Crippen molar-refractivity contribution in [1.29, 1.82) is 0 Å². The third kappa shape index (κ3) is 2.64. The van der Waals surface area contributed by atoms with Crippen molar-refractivity contribution in [3.8, 4) is 5.75 Å². The maximum Gasteiger partial charge on any atom is 0.227 e. The van der Waals surface area contributed by atoms with Gasteiger partial charge in [0.15, 0.2) is 0 Å². The summed E-state index contributed by atoms with van der Waals surface area (Å²) >= 11 is 0. The van der Waals surface area contributed by atoms with Gasteiger partial charge >= 0.3 is 0 Å². The summed E-state index contributed by atoms with van der Waals surface area (Å²) in [6.07, 6.45) is 2.96. The van der Waals surface area contributed by atoms with Gasteiger partial charge in [-0.05, 0) is 29.7 Å². The molecule has 1 amide bonds. The van der Waals surface area contributed by atoms with E-state index in [-0.39, 0.29) is 5.91 Å². The number of furan rings is 1. The van der Waals surface area contributed by atoms with Crippen LogP contribution < -0.4 is 4.74 Å². The fourth-order valence-electron chi connectivity index (χ4n) is 3.31. The minimum atomic E-state index is 0.142. The SMILES string of the molecule is COc1ccc2c(CC(=O)N3CCc4ccccc4C3)coc2c1. The summed E-state index contributed by atoms with van der Waals surface area (Å²) < 4.78 is 10.8. The highest BCUT2D eigenvalue weighted by Crippen LogP contribution is 2.27. The Balaban J connectivity index is 1.53. The van der Waals surface area contributed by atoms with Crippen molar-refractivity contribution in [1.82, 2.24) is 4.90 Å². The number of amides is 1. The highest BCUT2D eigenvalue weighted by Gasteiger charge is 2.21. The van der Waals surface area contributed by atoms with Gasteiger partial charge in [0, 0.05) is 30.1 Å². The van der Waals surface area contributed by atoms with Gasteiger partial charge in [0.05, 0.1) is 19.8 Å². The molecule has 4 heteroatoms. The first-order valence-electron chi connectivity index (χ1n) is 8.13. The maximum absolute atomic E-state index is 12.7. The van der Waals surface area contributed by atoms with Crippen LogP contribution in [0.2, 0.25) is 0 Å². The molecular formula is C20H19NO3. The van der Waals surface area contributed by atoms with Gasteiger partial charge in [-0.1, -0.05) is 24.3 Å². The van der Waals surface area contributed by atoms with E-state index >= 15 is 0 Å². The summed E-state index contributed by atoms with van der Waals surface area (Å²) in [6, 6.07) is 14.0. The maximum atomic E-state index is 12.7. The molecular weight excluding hydrogens is 302 g/mol. The lowest BCUT2D eigenvalue weighted by Crippen LogP contribution is -2.36. The molecule has 2 heterocycles. The zero-order valence-electron chi connectivity index (χ0n) is 13.6. The molecule has 0 spiro atoms. The number of fused-ring (bicyclic) bond motifs is 2. The van der Waals surface area contributed by atoms with Crippen molar-refractivity contribution < 1.29 is 13.9 Å². The zero-order valence-corrected chi connectivity index (χ0v) is 13.6. The lowest BCUT2D eigenvalue weighted by molar-refractivity contribution is -0.131. The number of ether oxygens (including phenoxy) is 1. The van der Waals surface area contributed by atoms with Gasteiger partial charge in [-0.25, -0.2) is 0 Å². The van der Waals surface area contributed by atoms with Crippen LogP contribution in [0.15, 0.2) is 53.1 Å². The molecule has 4 nitrogen and oxygen atoms in total. The molecule has 0 fully saturated rings. The van der Waals surface area contributed by atoms with Gasteiger partial charge in [0.1, 0.15) is 11.3 Å². The van der Waals surface area contributed by atoms with E-state index in [1.807, 2.05) is 29.2 Å². The molecule has 1 aliphatic heterocycles. The predicted molar refractivity (Wildman–Crippen MR) is 92.0 cm³/mol. The van der Waals surface area contributed by atoms with Crippen LogP contribution in [0.25, 0.3) is 11.0 Å². The number of carbonyl (C=O) groups is 1. The standard InChI is InChI=1S/C20H19NO3/c1-23-17-6-7-18-16(13-24-19(18)11-17)10-20(22)21-9-8-14-4-2-3-5-15(14)12-21/h2-7,11,13H,8-10,12H2,1H3. The van der Waals surface area contributed by atoms with Crippen LogP contribution >= 0.6 is 0 Å². The summed E-state index contributed by atoms with van der Waals surface area (Å²) in [4.78, 5) is 14.6. The second-order valence-corrected chi connectivity index (χ2v) is 6.13. The number of benzene rings is 2. The first kappa shape index (κ1) is 14.8. The Kier molecular flexibility index (Phi) is 3.73. The molecule has 0 N–H and O–H groups in total. The van der Waals surface area contributed by atoms with Crippen molar-refractivity contribution in [3.05, 3.63) is 65.4 Å². The molecule has 0 unspecified atom stereocenters. The van der Waals surface area contributed by atoms with E-state index in [2.05, 4.69) is 18.2 Å². The van der Waals surface area contributed by atoms with Crippen LogP contribution in [-0.2, 0) is 24.2 Å². The molecule has 1 aliphatic rings. The molecule has 0 radical (unpaired) electrons. The van der Waals surface area contributed by atoms with Gasteiger partial charge in [-0.3, -0.25) is 4.79 Å². The van der Waals surface area contributed by atoms with Crippen molar-refractivity contribution in [2.75, 3.05) is 13.7 Å². The summed E-state index contributed by atoms with van der Waals surface area (Å²) in [6.45, 7) is 1.47. The summed E-state index contributed by atoms with van der Waals surface area (Å²) in [5, 5.41) is 0.974. The van der Waals surface area contributed by atoms with Crippen molar-refractivity contribution in [3.63, 3.8) is 0 Å². The van der Waals surface area contributed by atoms with Crippen LogP contribution in [0, 0.1) is 0 Å². The zero-order chi connectivity index (χ0) is 16.5. The molecule has 1 aromatic heterocycles. The smallest absolute Gasteiger partial charge is 0.227 e. The van der Waals surface area contributed by atoms with E-state index in [4.69, 9.17) is 9.15 Å². The van der Waals surface area contributed by atoms with Crippen molar-refractivity contribution in [2.24, 2.45) is 0 Å². The number of nitrogens with zero attached hydrogens (tertiary/aromatic N) is 1. The molecule has 122 valence electrons. The van der Waals surface area contributed by atoms with Crippen LogP contribution in [0.4, 0.5) is 0 Å². The van der Waals surface area contributed by atoms with Gasteiger partial charge in [-0.2, -0.15) is 0 Å². The Morgan fingerprint density at radius 1 is 1.21 bits per heavy atom. The van der Waals surface area contributed by atoms with Crippen LogP contribution in [-0.4, -0.2) is 24.5 Å². The van der Waals surface area contributed by atoms with Gasteiger partial charge < -0.3 is 14.1 Å². The van der Waals surface area contributed by atoms with E-state index in [1.54, 1.807) is 13.4 Å². The monoisotopic (exact) mass is 321 g/mol. The second-order valence-electron chi connectivity index (χ2n) is 6.13. The van der Waals surface area contributed by atoms with Gasteiger partial charge in [0.25, 0.3) is 0 Å². The fraction of sp³-hybridized carbons (Fsp3) is 0.250. The average molecular weight is 321 g/mol. The van der Waals surface area contributed by atoms with Crippen molar-refractivity contribution in [2.45, 2.75) is 19.4 Å². The number of rotatable bonds is 3. The Labute approximate surface area is 140 Å². The normalized spacial score (nSPS) is 13.8. The quantitative estimate of drug-likeness (QED) is 0.740. The molecule has 2 aromatic carbocycles. The van der Waals surface area contributed by atoms with E-state index < -0.39 is 0 Å². The number of hydrogen-bond donors (Lipinski definition) is 0. The topological polar surface area (TPSA) is 42.7 Å². The first-order chi connectivity index (χ1) is 11.7. The summed E-state index contributed by atoms with van der Waals surface area (Å²) in [7, 11) is 1.63. The minimum absolute atomic E-state index is 0.142. The van der Waals surface area contributed by atoms with E-state index in [0.29, 0.717) is 13.0 Å². The lowest BCUT2D eigenvalue weighted by atomic mass is 9.99. The Morgan fingerprint density at radius 3 is 2.88 bits per heavy atom. The Bertz CT molecular complexity index is 897. The van der Waals surface area contributed by atoms with Gasteiger partial charge in [-0.15, -0.1) is 0 Å². The van der Waals surface area contributed by atoms with Crippen LogP contribution in [0.3, 0.4) is 0 Å². The van der Waals surface area contributed by atoms with E-state index in [0.717, 1.165) is 35.2 Å². The largest absolute Gasteiger partial charge is 0.497 e. The molecule has 0 bridgehead atoms. The molecule has 4 rings (SSSR count). The molecule has 0 saturated carbocycles. The minimum Gasteiger partial charge on any atom is -0.497 e.